The molecule has 2 aromatic heterocycles. The SMILES string of the molecule is FC(F)(F)Oc1ccccc1-c1noc(C2CC2)c1COC1CC2CCC(C1)N2c1ccc(I)cn1. The second-order valence-electron chi connectivity index (χ2n) is 9.72. The number of hydrogen-bond donors (Lipinski definition) is 0. The zero-order valence-electron chi connectivity index (χ0n) is 19.4. The van der Waals surface area contributed by atoms with Crippen LogP contribution in [0, 0.1) is 3.57 Å². The molecule has 2 saturated heterocycles. The van der Waals surface area contributed by atoms with E-state index in [0.29, 0.717) is 17.8 Å². The fourth-order valence-electron chi connectivity index (χ4n) is 5.57. The smallest absolute Gasteiger partial charge is 0.405 e. The van der Waals surface area contributed by atoms with Crippen molar-refractivity contribution in [3.63, 3.8) is 0 Å². The Labute approximate surface area is 220 Å². The van der Waals surface area contributed by atoms with Gasteiger partial charge >= 0.3 is 6.36 Å². The third-order valence-electron chi connectivity index (χ3n) is 7.26. The highest BCUT2D eigenvalue weighted by molar-refractivity contribution is 14.1. The number of alkyl halides is 3. The number of aromatic nitrogens is 2. The van der Waals surface area contributed by atoms with Crippen molar-refractivity contribution in [3.05, 3.63) is 57.5 Å². The first-order valence-corrected chi connectivity index (χ1v) is 13.3. The van der Waals surface area contributed by atoms with Crippen LogP contribution in [0.1, 0.15) is 55.8 Å². The molecule has 3 fully saturated rings. The van der Waals surface area contributed by atoms with Gasteiger partial charge in [0.15, 0.2) is 0 Å². The zero-order valence-corrected chi connectivity index (χ0v) is 21.5. The van der Waals surface area contributed by atoms with Gasteiger partial charge in [-0.25, -0.2) is 4.98 Å². The highest BCUT2D eigenvalue weighted by Gasteiger charge is 2.42. The highest BCUT2D eigenvalue weighted by Crippen LogP contribution is 2.46. The van der Waals surface area contributed by atoms with Gasteiger partial charge in [0, 0.05) is 38.9 Å². The summed E-state index contributed by atoms with van der Waals surface area (Å²) in [7, 11) is 0. The molecule has 0 amide bonds. The molecule has 2 atom stereocenters. The lowest BCUT2D eigenvalue weighted by Gasteiger charge is -2.39. The predicted octanol–water partition coefficient (Wildman–Crippen LogP) is 6.83. The van der Waals surface area contributed by atoms with Crippen LogP contribution < -0.4 is 9.64 Å². The van der Waals surface area contributed by atoms with Crippen LogP contribution in [0.4, 0.5) is 19.0 Å². The van der Waals surface area contributed by atoms with Crippen molar-refractivity contribution in [1.82, 2.24) is 10.1 Å². The Balaban J connectivity index is 1.21. The number of piperidine rings is 1. The molecule has 4 heterocycles. The monoisotopic (exact) mass is 611 g/mol. The molecule has 1 saturated carbocycles. The Bertz CT molecular complexity index is 1220. The average Bonchev–Trinajstić information content (AvgIpc) is 3.54. The molecule has 6 rings (SSSR count). The van der Waals surface area contributed by atoms with Gasteiger partial charge in [-0.05, 0) is 85.4 Å². The van der Waals surface area contributed by atoms with Gasteiger partial charge in [-0.1, -0.05) is 17.3 Å². The van der Waals surface area contributed by atoms with Crippen LogP contribution in [-0.4, -0.2) is 34.7 Å². The second kappa shape index (κ2) is 9.51. The first-order chi connectivity index (χ1) is 17.4. The van der Waals surface area contributed by atoms with Crippen molar-refractivity contribution in [2.45, 2.75) is 75.6 Å². The molecule has 2 bridgehead atoms. The standard InChI is InChI=1S/C26H25F3IN3O3/c27-26(28,29)35-22-4-2-1-3-20(22)24-21(25(36-32-24)15-5-6-15)14-34-19-11-17-8-9-18(12-19)33(17)23-10-7-16(30)13-31-23/h1-4,7,10,13,15,17-19H,5-6,8-9,11-12,14H2. The summed E-state index contributed by atoms with van der Waals surface area (Å²) in [6, 6.07) is 10.9. The lowest BCUT2D eigenvalue weighted by Crippen LogP contribution is -2.46. The van der Waals surface area contributed by atoms with Gasteiger partial charge in [-0.3, -0.25) is 0 Å². The van der Waals surface area contributed by atoms with E-state index in [1.807, 2.05) is 6.20 Å². The molecule has 6 nitrogen and oxygen atoms in total. The van der Waals surface area contributed by atoms with Crippen molar-refractivity contribution in [2.75, 3.05) is 4.90 Å². The molecule has 1 aromatic carbocycles. The highest BCUT2D eigenvalue weighted by atomic mass is 127. The lowest BCUT2D eigenvalue weighted by atomic mass is 9.99. The number of nitrogens with zero attached hydrogens (tertiary/aromatic N) is 3. The van der Waals surface area contributed by atoms with Crippen molar-refractivity contribution in [2.24, 2.45) is 0 Å². The van der Waals surface area contributed by atoms with E-state index in [0.717, 1.165) is 59.2 Å². The van der Waals surface area contributed by atoms with E-state index in [2.05, 4.69) is 54.5 Å². The van der Waals surface area contributed by atoms with Crippen molar-refractivity contribution >= 4 is 28.4 Å². The predicted molar refractivity (Wildman–Crippen MR) is 135 cm³/mol. The largest absolute Gasteiger partial charge is 0.573 e. The Morgan fingerprint density at radius 2 is 1.78 bits per heavy atom. The number of pyridine rings is 1. The van der Waals surface area contributed by atoms with Crippen molar-refractivity contribution in [1.29, 1.82) is 0 Å². The molecule has 0 spiro atoms. The number of benzene rings is 1. The summed E-state index contributed by atoms with van der Waals surface area (Å²) < 4.78 is 56.5. The zero-order chi connectivity index (χ0) is 24.9. The summed E-state index contributed by atoms with van der Waals surface area (Å²) in [5.74, 6) is 1.68. The number of fused-ring (bicyclic) bond motifs is 2. The molecule has 0 N–H and O–H groups in total. The number of halogens is 4. The summed E-state index contributed by atoms with van der Waals surface area (Å²) in [4.78, 5) is 7.07. The molecule has 2 aliphatic heterocycles. The third-order valence-corrected chi connectivity index (χ3v) is 7.90. The van der Waals surface area contributed by atoms with Gasteiger partial charge in [0.1, 0.15) is 23.0 Å². The summed E-state index contributed by atoms with van der Waals surface area (Å²) in [6.45, 7) is 0.247. The fourth-order valence-corrected chi connectivity index (χ4v) is 5.89. The quantitative estimate of drug-likeness (QED) is 0.273. The molecule has 10 heteroatoms. The molecular weight excluding hydrogens is 586 g/mol. The molecule has 36 heavy (non-hydrogen) atoms. The minimum atomic E-state index is -4.80. The summed E-state index contributed by atoms with van der Waals surface area (Å²) >= 11 is 2.26. The topological polar surface area (TPSA) is 60.6 Å². The van der Waals surface area contributed by atoms with Crippen LogP contribution in [0.2, 0.25) is 0 Å². The van der Waals surface area contributed by atoms with E-state index in [9.17, 15) is 13.2 Å². The van der Waals surface area contributed by atoms with Gasteiger partial charge in [0.25, 0.3) is 0 Å². The normalized spacial score (nSPS) is 23.8. The van der Waals surface area contributed by atoms with Gasteiger partial charge in [-0.15, -0.1) is 13.2 Å². The Kier molecular flexibility index (Phi) is 6.35. The van der Waals surface area contributed by atoms with Crippen LogP contribution in [0.5, 0.6) is 5.75 Å². The van der Waals surface area contributed by atoms with E-state index in [1.165, 1.54) is 12.1 Å². The second-order valence-corrected chi connectivity index (χ2v) is 11.0. The summed E-state index contributed by atoms with van der Waals surface area (Å²) in [5, 5.41) is 4.18. The number of rotatable bonds is 7. The molecular formula is C26H25F3IN3O3. The molecule has 1 aliphatic carbocycles. The van der Waals surface area contributed by atoms with Crippen LogP contribution in [0.25, 0.3) is 11.3 Å². The fraction of sp³-hybridized carbons (Fsp3) is 0.462. The number of ether oxygens (including phenoxy) is 2. The average molecular weight is 611 g/mol. The minimum Gasteiger partial charge on any atom is -0.405 e. The van der Waals surface area contributed by atoms with E-state index in [-0.39, 0.29) is 29.9 Å². The van der Waals surface area contributed by atoms with Crippen LogP contribution in [0.15, 0.2) is 47.1 Å². The van der Waals surface area contributed by atoms with Crippen molar-refractivity contribution < 1.29 is 27.2 Å². The molecule has 3 aromatic rings. The molecule has 2 unspecified atom stereocenters. The van der Waals surface area contributed by atoms with Crippen LogP contribution in [0.3, 0.4) is 0 Å². The van der Waals surface area contributed by atoms with Crippen LogP contribution in [-0.2, 0) is 11.3 Å². The Hall–Kier alpha value is -2.34. The minimum absolute atomic E-state index is 0.0547. The number of hydrogen-bond acceptors (Lipinski definition) is 6. The van der Waals surface area contributed by atoms with Crippen molar-refractivity contribution in [3.8, 4) is 17.0 Å². The van der Waals surface area contributed by atoms with E-state index in [1.54, 1.807) is 12.1 Å². The van der Waals surface area contributed by atoms with Gasteiger partial charge in [0.05, 0.1) is 12.7 Å². The first-order valence-electron chi connectivity index (χ1n) is 12.2. The number of anilines is 1. The van der Waals surface area contributed by atoms with E-state index in [4.69, 9.17) is 9.26 Å². The molecule has 190 valence electrons. The molecule has 0 radical (unpaired) electrons. The Morgan fingerprint density at radius 3 is 2.44 bits per heavy atom. The van der Waals surface area contributed by atoms with Gasteiger partial charge in [0.2, 0.25) is 0 Å². The summed E-state index contributed by atoms with van der Waals surface area (Å²) in [6.07, 6.45) is 3.09. The summed E-state index contributed by atoms with van der Waals surface area (Å²) in [5.41, 5.74) is 1.34. The maximum absolute atomic E-state index is 13.0. The van der Waals surface area contributed by atoms with Gasteiger partial charge < -0.3 is 18.9 Å². The maximum Gasteiger partial charge on any atom is 0.573 e. The Morgan fingerprint density at radius 1 is 1.03 bits per heavy atom. The van der Waals surface area contributed by atoms with Crippen LogP contribution >= 0.6 is 22.6 Å². The van der Waals surface area contributed by atoms with Gasteiger partial charge in [-0.2, -0.15) is 0 Å². The number of para-hydroxylation sites is 1. The lowest BCUT2D eigenvalue weighted by molar-refractivity contribution is -0.274. The van der Waals surface area contributed by atoms with E-state index < -0.39 is 6.36 Å². The van der Waals surface area contributed by atoms with E-state index >= 15 is 0 Å². The maximum atomic E-state index is 13.0. The first kappa shape index (κ1) is 24.0. The third kappa shape index (κ3) is 4.93. The molecule has 3 aliphatic rings.